The fourth-order valence-corrected chi connectivity index (χ4v) is 2.60. The Hall–Kier alpha value is -1.63. The summed E-state index contributed by atoms with van der Waals surface area (Å²) in [4.78, 5) is 14.2. The highest BCUT2D eigenvalue weighted by Gasteiger charge is 2.14. The van der Waals surface area contributed by atoms with E-state index >= 15 is 0 Å². The second-order valence-electron chi connectivity index (χ2n) is 7.36. The molecular weight excluding hydrogens is 318 g/mol. The zero-order valence-electron chi connectivity index (χ0n) is 15.6. The van der Waals surface area contributed by atoms with Crippen LogP contribution in [0.15, 0.2) is 24.3 Å². The standard InChI is InChI=1S/C19H31N3O3/c1-19(2,3)21-18(23)15-25-17-6-4-16(5-7-17)14-20-8-9-22-10-12-24-13-11-22/h4-7,20H,8-15H2,1-3H3,(H,21,23). The number of carbonyl (C=O) groups is 1. The summed E-state index contributed by atoms with van der Waals surface area (Å²) in [5.41, 5.74) is 0.963. The number of rotatable bonds is 8. The lowest BCUT2D eigenvalue weighted by atomic mass is 10.1. The third-order valence-electron chi connectivity index (χ3n) is 3.85. The normalized spacial score (nSPS) is 15.8. The van der Waals surface area contributed by atoms with E-state index < -0.39 is 0 Å². The molecule has 0 spiro atoms. The van der Waals surface area contributed by atoms with Crippen LogP contribution in [0.1, 0.15) is 26.3 Å². The zero-order valence-corrected chi connectivity index (χ0v) is 15.6. The van der Waals surface area contributed by atoms with Gasteiger partial charge in [0, 0.05) is 38.3 Å². The van der Waals surface area contributed by atoms with Crippen LogP contribution in [0.5, 0.6) is 5.75 Å². The maximum atomic E-state index is 11.7. The fourth-order valence-electron chi connectivity index (χ4n) is 2.60. The van der Waals surface area contributed by atoms with Crippen molar-refractivity contribution >= 4 is 5.91 Å². The van der Waals surface area contributed by atoms with E-state index in [4.69, 9.17) is 9.47 Å². The summed E-state index contributed by atoms with van der Waals surface area (Å²) in [6.45, 7) is 12.5. The zero-order chi connectivity index (χ0) is 18.1. The van der Waals surface area contributed by atoms with E-state index in [9.17, 15) is 4.79 Å². The van der Waals surface area contributed by atoms with Gasteiger partial charge in [0.2, 0.25) is 0 Å². The summed E-state index contributed by atoms with van der Waals surface area (Å²) in [6.07, 6.45) is 0. The first kappa shape index (κ1) is 19.7. The molecule has 0 saturated carbocycles. The van der Waals surface area contributed by atoms with Crippen molar-refractivity contribution in [3.63, 3.8) is 0 Å². The molecule has 140 valence electrons. The topological polar surface area (TPSA) is 62.8 Å². The molecule has 2 rings (SSSR count). The maximum absolute atomic E-state index is 11.7. The van der Waals surface area contributed by atoms with Gasteiger partial charge in [0.05, 0.1) is 13.2 Å². The van der Waals surface area contributed by atoms with Crippen LogP contribution >= 0.6 is 0 Å². The van der Waals surface area contributed by atoms with Gasteiger partial charge in [0.15, 0.2) is 6.61 Å². The van der Waals surface area contributed by atoms with Crippen molar-refractivity contribution < 1.29 is 14.3 Å². The van der Waals surface area contributed by atoms with Crippen molar-refractivity contribution in [3.8, 4) is 5.75 Å². The molecule has 0 aromatic heterocycles. The molecular formula is C19H31N3O3. The maximum Gasteiger partial charge on any atom is 0.258 e. The highest BCUT2D eigenvalue weighted by atomic mass is 16.5. The predicted molar refractivity (Wildman–Crippen MR) is 98.8 cm³/mol. The van der Waals surface area contributed by atoms with Gasteiger partial charge in [-0.05, 0) is 38.5 Å². The molecule has 6 heteroatoms. The molecule has 1 saturated heterocycles. The van der Waals surface area contributed by atoms with E-state index in [1.54, 1.807) is 0 Å². The van der Waals surface area contributed by atoms with Gasteiger partial charge >= 0.3 is 0 Å². The molecule has 1 amide bonds. The number of benzene rings is 1. The molecule has 1 aliphatic rings. The molecule has 0 bridgehead atoms. The van der Waals surface area contributed by atoms with Crippen LogP contribution in [0.4, 0.5) is 0 Å². The Kier molecular flexibility index (Phi) is 7.68. The summed E-state index contributed by atoms with van der Waals surface area (Å²) in [7, 11) is 0. The van der Waals surface area contributed by atoms with Gasteiger partial charge < -0.3 is 20.1 Å². The third kappa shape index (κ3) is 8.34. The Balaban J connectivity index is 1.63. The number of ether oxygens (including phenoxy) is 2. The molecule has 1 fully saturated rings. The van der Waals surface area contributed by atoms with E-state index in [-0.39, 0.29) is 18.1 Å². The molecule has 0 radical (unpaired) electrons. The molecule has 0 aliphatic carbocycles. The van der Waals surface area contributed by atoms with Gasteiger partial charge in [0.1, 0.15) is 5.75 Å². The number of morpholine rings is 1. The van der Waals surface area contributed by atoms with Crippen LogP contribution in [0, 0.1) is 0 Å². The second-order valence-corrected chi connectivity index (χ2v) is 7.36. The summed E-state index contributed by atoms with van der Waals surface area (Å²) in [6, 6.07) is 7.87. The van der Waals surface area contributed by atoms with E-state index in [0.29, 0.717) is 5.75 Å². The smallest absolute Gasteiger partial charge is 0.258 e. The predicted octanol–water partition coefficient (Wildman–Crippen LogP) is 1.40. The van der Waals surface area contributed by atoms with Gasteiger partial charge in [-0.2, -0.15) is 0 Å². The van der Waals surface area contributed by atoms with Crippen LogP contribution in [0.25, 0.3) is 0 Å². The van der Waals surface area contributed by atoms with Crippen molar-refractivity contribution in [2.24, 2.45) is 0 Å². The van der Waals surface area contributed by atoms with Crippen LogP contribution in [-0.2, 0) is 16.1 Å². The Morgan fingerprint density at radius 3 is 2.52 bits per heavy atom. The number of hydrogen-bond donors (Lipinski definition) is 2. The second kappa shape index (κ2) is 9.75. The highest BCUT2D eigenvalue weighted by Crippen LogP contribution is 2.12. The summed E-state index contributed by atoms with van der Waals surface area (Å²) >= 11 is 0. The number of amides is 1. The van der Waals surface area contributed by atoms with Crippen LogP contribution in [0.3, 0.4) is 0 Å². The van der Waals surface area contributed by atoms with Gasteiger partial charge in [0.25, 0.3) is 5.91 Å². The Morgan fingerprint density at radius 2 is 1.88 bits per heavy atom. The van der Waals surface area contributed by atoms with Crippen LogP contribution in [-0.4, -0.2) is 62.3 Å². The summed E-state index contributed by atoms with van der Waals surface area (Å²) < 4.78 is 10.9. The first-order valence-electron chi connectivity index (χ1n) is 8.96. The first-order chi connectivity index (χ1) is 11.9. The fraction of sp³-hybridized carbons (Fsp3) is 0.632. The molecule has 1 aliphatic heterocycles. The minimum Gasteiger partial charge on any atom is -0.484 e. The lowest BCUT2D eigenvalue weighted by molar-refractivity contribution is -0.124. The van der Waals surface area contributed by atoms with Crippen molar-refractivity contribution in [3.05, 3.63) is 29.8 Å². The molecule has 1 aromatic rings. The Bertz CT molecular complexity index is 520. The average molecular weight is 349 g/mol. The van der Waals surface area contributed by atoms with Gasteiger partial charge in [-0.15, -0.1) is 0 Å². The molecule has 25 heavy (non-hydrogen) atoms. The summed E-state index contributed by atoms with van der Waals surface area (Å²) in [5.74, 6) is 0.600. The summed E-state index contributed by atoms with van der Waals surface area (Å²) in [5, 5.41) is 6.33. The number of hydrogen-bond acceptors (Lipinski definition) is 5. The van der Waals surface area contributed by atoms with E-state index in [0.717, 1.165) is 45.9 Å². The molecule has 1 heterocycles. The third-order valence-corrected chi connectivity index (χ3v) is 3.85. The number of carbonyl (C=O) groups excluding carboxylic acids is 1. The lowest BCUT2D eigenvalue weighted by Gasteiger charge is -2.26. The van der Waals surface area contributed by atoms with Gasteiger partial charge in [-0.25, -0.2) is 0 Å². The van der Waals surface area contributed by atoms with E-state index in [2.05, 4.69) is 15.5 Å². The van der Waals surface area contributed by atoms with Gasteiger partial charge in [-0.3, -0.25) is 9.69 Å². The van der Waals surface area contributed by atoms with Crippen molar-refractivity contribution in [1.29, 1.82) is 0 Å². The minimum atomic E-state index is -0.239. The van der Waals surface area contributed by atoms with E-state index in [1.807, 2.05) is 45.0 Å². The monoisotopic (exact) mass is 349 g/mol. The Labute approximate surface area is 150 Å². The SMILES string of the molecule is CC(C)(C)NC(=O)COc1ccc(CNCCN2CCOCC2)cc1. The lowest BCUT2D eigenvalue weighted by Crippen LogP contribution is -2.43. The molecule has 1 aromatic carbocycles. The van der Waals surface area contributed by atoms with Gasteiger partial charge in [-0.1, -0.05) is 12.1 Å². The first-order valence-corrected chi connectivity index (χ1v) is 8.96. The Morgan fingerprint density at radius 1 is 1.20 bits per heavy atom. The minimum absolute atomic E-state index is 0.0361. The molecule has 2 N–H and O–H groups in total. The molecule has 6 nitrogen and oxygen atoms in total. The highest BCUT2D eigenvalue weighted by molar-refractivity contribution is 5.78. The van der Waals surface area contributed by atoms with E-state index in [1.165, 1.54) is 5.56 Å². The number of nitrogens with zero attached hydrogens (tertiary/aromatic N) is 1. The molecule has 0 unspecified atom stereocenters. The van der Waals surface area contributed by atoms with Crippen molar-refractivity contribution in [2.75, 3.05) is 46.0 Å². The van der Waals surface area contributed by atoms with Crippen molar-refractivity contribution in [2.45, 2.75) is 32.9 Å². The molecule has 0 atom stereocenters. The van der Waals surface area contributed by atoms with Crippen molar-refractivity contribution in [1.82, 2.24) is 15.5 Å². The van der Waals surface area contributed by atoms with Crippen LogP contribution < -0.4 is 15.4 Å². The average Bonchev–Trinajstić information content (AvgIpc) is 2.57. The largest absolute Gasteiger partial charge is 0.484 e. The van der Waals surface area contributed by atoms with Crippen LogP contribution in [0.2, 0.25) is 0 Å². The number of nitrogens with one attached hydrogen (secondary N) is 2. The quantitative estimate of drug-likeness (QED) is 0.695.